The lowest BCUT2D eigenvalue weighted by Gasteiger charge is -1.74. The van der Waals surface area contributed by atoms with Gasteiger partial charge in [-0.05, 0) is 0 Å². The number of hydrogen-bond acceptors (Lipinski definition) is 0. The lowest BCUT2D eigenvalue weighted by Crippen LogP contribution is -1.94. The third kappa shape index (κ3) is 1.16. The summed E-state index contributed by atoms with van der Waals surface area (Å²) < 4.78 is 0. The second kappa shape index (κ2) is 2.44. The van der Waals surface area contributed by atoms with Crippen LogP contribution in [0.4, 0.5) is 0 Å². The molecule has 0 aromatic carbocycles. The van der Waals surface area contributed by atoms with Gasteiger partial charge in [0.15, 0.2) is 0 Å². The molecule has 0 nitrogen and oxygen atoms in total. The first-order chi connectivity index (χ1) is 3.00. The molecule has 0 bridgehead atoms. The lowest BCUT2D eigenvalue weighted by atomic mass is 10.8. The molecule has 1 aliphatic rings. The van der Waals surface area contributed by atoms with Crippen molar-refractivity contribution in [3.05, 3.63) is 11.8 Å². The minimum absolute atomic E-state index is 1.13. The highest BCUT2D eigenvalue weighted by Crippen LogP contribution is 1.58. The minimum atomic E-state index is 1.13. The Morgan fingerprint density at radius 2 is 2.33 bits per heavy atom. The zero-order chi connectivity index (χ0) is 4.24. The summed E-state index contributed by atoms with van der Waals surface area (Å²) in [7, 11) is 3.47. The van der Waals surface area contributed by atoms with Gasteiger partial charge in [0, 0.05) is 25.4 Å². The molecule has 1 rings (SSSR count). The lowest BCUT2D eigenvalue weighted by molar-refractivity contribution is 2.43. The zero-order valence-corrected chi connectivity index (χ0v) is 6.23. The van der Waals surface area contributed by atoms with Crippen LogP contribution in [0.2, 0.25) is 0 Å². The molecule has 0 spiro atoms. The first-order valence-electron chi connectivity index (χ1n) is 1.74. The van der Waals surface area contributed by atoms with Gasteiger partial charge < -0.3 is 0 Å². The summed E-state index contributed by atoms with van der Waals surface area (Å²) in [6.45, 7) is 0. The molecule has 0 aliphatic carbocycles. The maximum Gasteiger partial charge on any atom is 0.0246 e. The molecule has 3 heteroatoms. The second-order valence-electron chi connectivity index (χ2n) is 0.939. The van der Waals surface area contributed by atoms with Crippen molar-refractivity contribution in [1.82, 2.24) is 0 Å². The maximum atomic E-state index is 2.26. The average molecular weight is 123 g/mol. The van der Waals surface area contributed by atoms with E-state index in [0.29, 0.717) is 0 Å². The van der Waals surface area contributed by atoms with Crippen molar-refractivity contribution in [2.24, 2.45) is 0 Å². The first kappa shape index (κ1) is 4.42. The van der Waals surface area contributed by atoms with Gasteiger partial charge in [-0.3, -0.25) is 0 Å². The minimum Gasteiger partial charge on any atom is -0.0816 e. The van der Waals surface area contributed by atoms with Gasteiger partial charge in [-0.15, -0.1) is 0 Å². The van der Waals surface area contributed by atoms with Gasteiger partial charge in [0.05, 0.1) is 0 Å². The van der Waals surface area contributed by atoms with Gasteiger partial charge in [0.2, 0.25) is 0 Å². The SMILES string of the molecule is C1=C[Si]=[Si][Si]=C1. The van der Waals surface area contributed by atoms with E-state index >= 15 is 0 Å². The normalized spacial score (nSPS) is 16.0. The van der Waals surface area contributed by atoms with Crippen LogP contribution < -0.4 is 0 Å². The standard InChI is InChI=1S/C3H3Si3/c1-2-4-6-5-3-1/h1-3H. The summed E-state index contributed by atoms with van der Waals surface area (Å²) in [6.07, 6.45) is 2.17. The van der Waals surface area contributed by atoms with Crippen LogP contribution in [0.3, 0.4) is 0 Å². The summed E-state index contributed by atoms with van der Waals surface area (Å²) in [6, 6.07) is 0. The molecule has 0 saturated carbocycles. The van der Waals surface area contributed by atoms with Crippen molar-refractivity contribution in [3.63, 3.8) is 0 Å². The quantitative estimate of drug-likeness (QED) is 0.372. The van der Waals surface area contributed by atoms with Crippen molar-refractivity contribution in [2.75, 3.05) is 0 Å². The molecule has 3 radical (unpaired) electrons. The molecule has 0 N–H and O–H groups in total. The van der Waals surface area contributed by atoms with Crippen LogP contribution in [0, 0.1) is 0 Å². The Labute approximate surface area is 43.5 Å². The van der Waals surface area contributed by atoms with Crippen LogP contribution in [-0.2, 0) is 0 Å². The largest absolute Gasteiger partial charge is 0.0816 e. The van der Waals surface area contributed by atoms with Crippen LogP contribution in [0.25, 0.3) is 0 Å². The van der Waals surface area contributed by atoms with Crippen LogP contribution in [0.15, 0.2) is 11.8 Å². The molecule has 1 aliphatic heterocycles. The zero-order valence-electron chi connectivity index (χ0n) is 3.23. The van der Waals surface area contributed by atoms with E-state index in [1.807, 2.05) is 0 Å². The van der Waals surface area contributed by atoms with E-state index in [1.165, 1.54) is 8.13 Å². The summed E-state index contributed by atoms with van der Waals surface area (Å²) in [4.78, 5) is 0. The molecule has 0 saturated heterocycles. The average Bonchev–Trinajstić information content (AvgIpc) is 1.72. The highest BCUT2D eigenvalue weighted by atomic mass is 29.3. The third-order valence-electron chi connectivity index (χ3n) is 0.503. The molecular weight excluding hydrogens is 120 g/mol. The Kier molecular flexibility index (Phi) is 1.79. The van der Waals surface area contributed by atoms with Crippen LogP contribution in [-0.4, -0.2) is 31.1 Å². The number of allylic oxidation sites excluding steroid dienone is 1. The highest BCUT2D eigenvalue weighted by Gasteiger charge is 1.68. The van der Waals surface area contributed by atoms with E-state index in [1.54, 1.807) is 0 Å². The molecule has 27 valence electrons. The van der Waals surface area contributed by atoms with Gasteiger partial charge >= 0.3 is 0 Å². The van der Waals surface area contributed by atoms with Crippen molar-refractivity contribution in [2.45, 2.75) is 0 Å². The Morgan fingerprint density at radius 1 is 1.33 bits per heavy atom. The third-order valence-corrected chi connectivity index (χ3v) is 5.97. The van der Waals surface area contributed by atoms with Crippen molar-refractivity contribution >= 4 is 31.1 Å². The van der Waals surface area contributed by atoms with Gasteiger partial charge in [0.25, 0.3) is 0 Å². The topological polar surface area (TPSA) is 0 Å². The van der Waals surface area contributed by atoms with Gasteiger partial charge in [0.1, 0.15) is 0 Å². The van der Waals surface area contributed by atoms with E-state index in [2.05, 4.69) is 17.4 Å². The van der Waals surface area contributed by atoms with Crippen molar-refractivity contribution in [1.29, 1.82) is 0 Å². The molecule has 1 heterocycles. The monoisotopic (exact) mass is 123 g/mol. The summed E-state index contributed by atoms with van der Waals surface area (Å²) >= 11 is 0. The summed E-state index contributed by atoms with van der Waals surface area (Å²) in [5, 5.41) is 0. The van der Waals surface area contributed by atoms with Gasteiger partial charge in [-0.1, -0.05) is 17.4 Å². The predicted molar refractivity (Wildman–Crippen MR) is 32.5 cm³/mol. The van der Waals surface area contributed by atoms with Gasteiger partial charge in [-0.2, -0.15) is 0 Å². The predicted octanol–water partition coefficient (Wildman–Crippen LogP) is -0.742. The van der Waals surface area contributed by atoms with E-state index in [4.69, 9.17) is 0 Å². The molecule has 0 aromatic rings. The Bertz CT molecular complexity index is 75.4. The smallest absolute Gasteiger partial charge is 0.0246 e. The molecule has 0 amide bonds. The molecular formula is C3H3Si3. The molecule has 6 heavy (non-hydrogen) atoms. The van der Waals surface area contributed by atoms with E-state index in [-0.39, 0.29) is 0 Å². The van der Waals surface area contributed by atoms with Crippen molar-refractivity contribution in [3.8, 4) is 0 Å². The second-order valence-corrected chi connectivity index (χ2v) is 7.17. The van der Waals surface area contributed by atoms with Crippen LogP contribution in [0.1, 0.15) is 0 Å². The highest BCUT2D eigenvalue weighted by molar-refractivity contribution is 7.14. The summed E-state index contributed by atoms with van der Waals surface area (Å²) in [5.41, 5.74) is 4.52. The molecule has 0 unspecified atom stereocenters. The molecule has 0 aromatic heterocycles. The van der Waals surface area contributed by atoms with Crippen LogP contribution in [0.5, 0.6) is 0 Å². The van der Waals surface area contributed by atoms with Crippen LogP contribution >= 0.6 is 0 Å². The number of hydrogen-bond donors (Lipinski definition) is 0. The van der Waals surface area contributed by atoms with E-state index in [9.17, 15) is 0 Å². The fourth-order valence-electron chi connectivity index (χ4n) is 0.269. The Hall–Kier alpha value is 0.261. The maximum absolute atomic E-state index is 2.26. The fourth-order valence-corrected chi connectivity index (χ4v) is 4.67. The molecule has 0 atom stereocenters. The van der Waals surface area contributed by atoms with E-state index < -0.39 is 0 Å². The number of rotatable bonds is 0. The van der Waals surface area contributed by atoms with Crippen molar-refractivity contribution < 1.29 is 0 Å². The van der Waals surface area contributed by atoms with Gasteiger partial charge in [-0.25, -0.2) is 0 Å². The Morgan fingerprint density at radius 3 is 2.50 bits per heavy atom. The molecule has 0 fully saturated rings. The Balaban J connectivity index is 2.77. The van der Waals surface area contributed by atoms with E-state index in [0.717, 1.165) is 17.3 Å². The summed E-state index contributed by atoms with van der Waals surface area (Å²) in [5.74, 6) is 0. The first-order valence-corrected chi connectivity index (χ1v) is 6.90. The fraction of sp³-hybridized carbons (Fsp3) is 0.